The van der Waals surface area contributed by atoms with Gasteiger partial charge in [0.05, 0.1) is 38.3 Å². The van der Waals surface area contributed by atoms with Crippen LogP contribution in [0, 0.1) is 0 Å². The van der Waals surface area contributed by atoms with E-state index in [4.69, 9.17) is 4.74 Å². The van der Waals surface area contributed by atoms with E-state index in [1.54, 1.807) is 4.57 Å². The third-order valence-corrected chi connectivity index (χ3v) is 6.58. The lowest BCUT2D eigenvalue weighted by Gasteiger charge is -2.50. The smallest absolute Gasteiger partial charge is 0.418 e. The molecule has 3 atom stereocenters. The molecule has 0 N–H and O–H groups in total. The molecule has 1 aromatic carbocycles. The fourth-order valence-electron chi connectivity index (χ4n) is 5.48. The van der Waals surface area contributed by atoms with E-state index in [2.05, 4.69) is 32.2 Å². The maximum atomic E-state index is 12.6. The van der Waals surface area contributed by atoms with Crippen LogP contribution in [0.15, 0.2) is 24.4 Å². The number of fused-ring (bicyclic) bond motifs is 2. The van der Waals surface area contributed by atoms with Crippen molar-refractivity contribution in [2.75, 3.05) is 26.7 Å². The van der Waals surface area contributed by atoms with Gasteiger partial charge >= 0.3 is 6.09 Å². The maximum Gasteiger partial charge on any atom is 0.418 e. The number of aromatic nitrogens is 1. The fraction of sp³-hybridized carbons (Fsp3) is 0.591. The van der Waals surface area contributed by atoms with Gasteiger partial charge in [0, 0.05) is 23.9 Å². The summed E-state index contributed by atoms with van der Waals surface area (Å²) in [5.74, 6) is 0.610. The van der Waals surface area contributed by atoms with E-state index in [9.17, 15) is 4.79 Å². The van der Waals surface area contributed by atoms with E-state index >= 15 is 0 Å². The maximum absolute atomic E-state index is 12.6. The lowest BCUT2D eigenvalue weighted by Crippen LogP contribution is -2.59. The Kier molecular flexibility index (Phi) is 4.55. The summed E-state index contributed by atoms with van der Waals surface area (Å²) in [6.45, 7) is 7.31. The highest BCUT2D eigenvalue weighted by atomic mass is 16.5. The second-order valence-corrected chi connectivity index (χ2v) is 8.33. The summed E-state index contributed by atoms with van der Waals surface area (Å²) in [6.07, 6.45) is 7.52. The second-order valence-electron chi connectivity index (χ2n) is 8.33. The number of hydrogen-bond acceptors (Lipinski definition) is 2. The number of benzene rings is 1. The Morgan fingerprint density at radius 3 is 2.92 bits per heavy atom. The molecule has 1 aromatic heterocycles. The molecule has 0 bridgehead atoms. The third-order valence-electron chi connectivity index (χ3n) is 6.58. The zero-order valence-corrected chi connectivity index (χ0v) is 16.3. The van der Waals surface area contributed by atoms with E-state index in [1.807, 2.05) is 13.1 Å². The average Bonchev–Trinajstić information content (AvgIpc) is 3.01. The summed E-state index contributed by atoms with van der Waals surface area (Å²) in [6, 6.07) is 7.11. The minimum atomic E-state index is -0.240. The van der Waals surface area contributed by atoms with E-state index in [0.717, 1.165) is 18.4 Å². The van der Waals surface area contributed by atoms with Gasteiger partial charge in [0.2, 0.25) is 0 Å². The number of hydrogen-bond donors (Lipinski definition) is 0. The predicted octanol–water partition coefficient (Wildman–Crippen LogP) is 4.69. The molecular weight excluding hydrogens is 324 g/mol. The van der Waals surface area contributed by atoms with Gasteiger partial charge in [-0.05, 0) is 42.9 Å². The molecule has 1 aliphatic carbocycles. The van der Waals surface area contributed by atoms with Crippen molar-refractivity contribution in [2.24, 2.45) is 0 Å². The van der Waals surface area contributed by atoms with Crippen LogP contribution in [0.2, 0.25) is 0 Å². The number of likely N-dealkylation sites (tertiary alicyclic amines) is 1. The minimum Gasteiger partial charge on any atom is -0.449 e. The molecule has 0 amide bonds. The van der Waals surface area contributed by atoms with Crippen LogP contribution in [0.4, 0.5) is 4.79 Å². The molecule has 140 valence electrons. The number of carbonyl (C=O) groups excluding carboxylic acids is 1. The molecule has 1 unspecified atom stereocenters. The molecule has 4 rings (SSSR count). The van der Waals surface area contributed by atoms with Crippen LogP contribution in [0.3, 0.4) is 0 Å². The zero-order chi connectivity index (χ0) is 18.3. The Morgan fingerprint density at radius 1 is 1.31 bits per heavy atom. The van der Waals surface area contributed by atoms with Crippen molar-refractivity contribution in [3.8, 4) is 0 Å². The monoisotopic (exact) mass is 355 g/mol. The first kappa shape index (κ1) is 17.6. The molecule has 4 heteroatoms. The Morgan fingerprint density at radius 2 is 2.15 bits per heavy atom. The summed E-state index contributed by atoms with van der Waals surface area (Å²) in [5.41, 5.74) is 3.80. The van der Waals surface area contributed by atoms with Crippen molar-refractivity contribution in [3.63, 3.8) is 0 Å². The summed E-state index contributed by atoms with van der Waals surface area (Å²) >= 11 is 0. The van der Waals surface area contributed by atoms with Crippen molar-refractivity contribution < 1.29 is 14.0 Å². The molecule has 1 saturated heterocycles. The largest absolute Gasteiger partial charge is 0.449 e. The molecule has 2 aromatic rings. The molecule has 2 aliphatic rings. The van der Waals surface area contributed by atoms with Gasteiger partial charge in [-0.25, -0.2) is 4.79 Å². The van der Waals surface area contributed by atoms with Crippen LogP contribution in [0.5, 0.6) is 0 Å². The molecule has 1 fully saturated rings. The molecular formula is C22H31N2O2+. The van der Waals surface area contributed by atoms with Gasteiger partial charge < -0.3 is 9.22 Å². The van der Waals surface area contributed by atoms with Gasteiger partial charge in [0.1, 0.15) is 0 Å². The number of rotatable bonds is 4. The van der Waals surface area contributed by atoms with Crippen LogP contribution in [-0.2, 0) is 11.2 Å². The van der Waals surface area contributed by atoms with Crippen molar-refractivity contribution >= 4 is 17.0 Å². The Hall–Kier alpha value is -1.81. The number of nitrogens with zero attached hydrogens (tertiary/aromatic N) is 2. The molecule has 2 heterocycles. The SMILES string of the molecule is CCCOC(=O)n1cc2c3c(cccc31)[C@H]1CCC[N+](C)(CCC)[C@@H]1C2. The predicted molar refractivity (Wildman–Crippen MR) is 105 cm³/mol. The quantitative estimate of drug-likeness (QED) is 0.745. The van der Waals surface area contributed by atoms with E-state index in [0.29, 0.717) is 18.6 Å². The molecule has 26 heavy (non-hydrogen) atoms. The zero-order valence-electron chi connectivity index (χ0n) is 16.3. The molecule has 1 aliphatic heterocycles. The molecule has 0 radical (unpaired) electrons. The first-order chi connectivity index (χ1) is 12.6. The van der Waals surface area contributed by atoms with Crippen LogP contribution in [0.25, 0.3) is 10.9 Å². The standard InChI is InChI=1S/C22H31N2O2/c1-4-11-24(3)12-7-9-17-18-8-6-10-19-21(18)16(14-20(17)24)15-23(19)22(25)26-13-5-2/h6,8,10,15,17,20H,4-5,7,9,11-14H2,1-3H3/q+1/t17-,20-,24?/m1/s1. The van der Waals surface area contributed by atoms with Gasteiger partial charge in [0.25, 0.3) is 0 Å². The second kappa shape index (κ2) is 6.73. The van der Waals surface area contributed by atoms with Gasteiger partial charge in [-0.1, -0.05) is 26.0 Å². The van der Waals surface area contributed by atoms with Gasteiger partial charge in [-0.3, -0.25) is 4.57 Å². The van der Waals surface area contributed by atoms with E-state index in [-0.39, 0.29) is 6.09 Å². The summed E-state index contributed by atoms with van der Waals surface area (Å²) < 4.78 is 8.33. The van der Waals surface area contributed by atoms with Crippen LogP contribution >= 0.6 is 0 Å². The summed E-state index contributed by atoms with van der Waals surface area (Å²) in [7, 11) is 2.44. The Bertz CT molecular complexity index is 821. The topological polar surface area (TPSA) is 31.2 Å². The highest BCUT2D eigenvalue weighted by molar-refractivity contribution is 5.95. The molecule has 0 spiro atoms. The van der Waals surface area contributed by atoms with Crippen molar-refractivity contribution in [3.05, 3.63) is 35.5 Å². The molecule has 4 nitrogen and oxygen atoms in total. The van der Waals surface area contributed by atoms with Crippen LogP contribution < -0.4 is 0 Å². The number of carbonyl (C=O) groups is 1. The van der Waals surface area contributed by atoms with E-state index in [1.165, 1.54) is 53.3 Å². The van der Waals surface area contributed by atoms with Crippen molar-refractivity contribution in [1.29, 1.82) is 0 Å². The lowest BCUT2D eigenvalue weighted by atomic mass is 9.74. The van der Waals surface area contributed by atoms with Crippen LogP contribution in [0.1, 0.15) is 56.6 Å². The van der Waals surface area contributed by atoms with Gasteiger partial charge in [-0.2, -0.15) is 0 Å². The first-order valence-corrected chi connectivity index (χ1v) is 10.2. The van der Waals surface area contributed by atoms with Crippen molar-refractivity contribution in [1.82, 2.24) is 4.57 Å². The average molecular weight is 356 g/mol. The highest BCUT2D eigenvalue weighted by Crippen LogP contribution is 2.46. The highest BCUT2D eigenvalue weighted by Gasteiger charge is 2.45. The lowest BCUT2D eigenvalue weighted by molar-refractivity contribution is -0.939. The number of quaternary nitrogens is 1. The first-order valence-electron chi connectivity index (χ1n) is 10.2. The fourth-order valence-corrected chi connectivity index (χ4v) is 5.48. The summed E-state index contributed by atoms with van der Waals surface area (Å²) in [4.78, 5) is 12.6. The van der Waals surface area contributed by atoms with Gasteiger partial charge in [-0.15, -0.1) is 0 Å². The van der Waals surface area contributed by atoms with E-state index < -0.39 is 0 Å². The Labute approximate surface area is 156 Å². The third kappa shape index (κ3) is 2.66. The number of likely N-dealkylation sites (N-methyl/N-ethyl adjacent to an activating group) is 1. The Balaban J connectivity index is 1.79. The minimum absolute atomic E-state index is 0.240. The van der Waals surface area contributed by atoms with Crippen molar-refractivity contribution in [2.45, 2.75) is 57.9 Å². The number of ether oxygens (including phenoxy) is 1. The van der Waals surface area contributed by atoms with Gasteiger partial charge in [0.15, 0.2) is 0 Å². The molecule has 0 saturated carbocycles. The normalized spacial score (nSPS) is 27.3. The van der Waals surface area contributed by atoms with Crippen LogP contribution in [-0.4, -0.2) is 47.9 Å². The summed E-state index contributed by atoms with van der Waals surface area (Å²) in [5, 5.41) is 1.31. The number of piperidine rings is 1.